The van der Waals surface area contributed by atoms with Crippen LogP contribution in [0.1, 0.15) is 26.3 Å². The van der Waals surface area contributed by atoms with E-state index < -0.39 is 5.82 Å². The predicted molar refractivity (Wildman–Crippen MR) is 133 cm³/mol. The molecule has 34 heavy (non-hydrogen) atoms. The quantitative estimate of drug-likeness (QED) is 0.286. The van der Waals surface area contributed by atoms with E-state index in [4.69, 9.17) is 13.9 Å². The van der Waals surface area contributed by atoms with Crippen LogP contribution < -0.4 is 14.8 Å². The molecule has 0 aliphatic rings. The number of carbonyl (C=O) groups excluding carboxylic acids is 1. The molecule has 174 valence electrons. The molecule has 0 saturated heterocycles. The van der Waals surface area contributed by atoms with Crippen LogP contribution in [0.2, 0.25) is 0 Å². The number of furan rings is 1. The van der Waals surface area contributed by atoms with Crippen LogP contribution >= 0.6 is 0 Å². The third-order valence-corrected chi connectivity index (χ3v) is 5.32. The highest BCUT2D eigenvalue weighted by atomic mass is 19.1. The number of halogens is 1. The van der Waals surface area contributed by atoms with Gasteiger partial charge in [0.25, 0.3) is 0 Å². The Kier molecular flexibility index (Phi) is 6.97. The zero-order valence-corrected chi connectivity index (χ0v) is 19.4. The summed E-state index contributed by atoms with van der Waals surface area (Å²) < 4.78 is 30.6. The Labute approximate surface area is 197 Å². The lowest BCUT2D eigenvalue weighted by atomic mass is 9.99. The molecule has 0 fully saturated rings. The van der Waals surface area contributed by atoms with Gasteiger partial charge in [0.2, 0.25) is 5.91 Å². The van der Waals surface area contributed by atoms with E-state index in [1.165, 1.54) is 18.2 Å². The molecular weight excluding hydrogens is 433 g/mol. The van der Waals surface area contributed by atoms with Crippen LogP contribution in [0.3, 0.4) is 0 Å². The van der Waals surface area contributed by atoms with Gasteiger partial charge in [0.1, 0.15) is 22.9 Å². The van der Waals surface area contributed by atoms with Gasteiger partial charge in [0.15, 0.2) is 0 Å². The Morgan fingerprint density at radius 1 is 1.03 bits per heavy atom. The van der Waals surface area contributed by atoms with Gasteiger partial charge in [-0.05, 0) is 68.3 Å². The van der Waals surface area contributed by atoms with Crippen molar-refractivity contribution in [2.45, 2.75) is 20.8 Å². The van der Waals surface area contributed by atoms with Crippen LogP contribution in [0, 0.1) is 5.82 Å². The molecule has 1 heterocycles. The Balaban J connectivity index is 1.70. The molecule has 3 aromatic carbocycles. The van der Waals surface area contributed by atoms with E-state index in [9.17, 15) is 9.18 Å². The molecule has 4 aromatic rings. The first kappa shape index (κ1) is 23.1. The first-order chi connectivity index (χ1) is 16.5. The number of hydrogen-bond acceptors (Lipinski definition) is 4. The minimum absolute atomic E-state index is 0.357. The van der Waals surface area contributed by atoms with Gasteiger partial charge < -0.3 is 19.2 Å². The zero-order chi connectivity index (χ0) is 24.1. The average molecular weight is 460 g/mol. The number of benzene rings is 3. The van der Waals surface area contributed by atoms with Gasteiger partial charge in [0, 0.05) is 34.3 Å². The molecule has 1 aromatic heterocycles. The number of ether oxygens (including phenoxy) is 2. The fraction of sp³-hybridized carbons (Fsp3) is 0.179. The van der Waals surface area contributed by atoms with E-state index in [0.29, 0.717) is 35.8 Å². The Hall–Kier alpha value is -4.06. The smallest absolute Gasteiger partial charge is 0.248 e. The van der Waals surface area contributed by atoms with Crippen molar-refractivity contribution in [2.75, 3.05) is 18.5 Å². The Morgan fingerprint density at radius 3 is 2.50 bits per heavy atom. The van der Waals surface area contributed by atoms with Crippen molar-refractivity contribution in [3.05, 3.63) is 84.4 Å². The maximum Gasteiger partial charge on any atom is 0.248 e. The molecule has 0 bridgehead atoms. The van der Waals surface area contributed by atoms with Crippen LogP contribution in [0.25, 0.3) is 27.7 Å². The second-order valence-electron chi connectivity index (χ2n) is 7.71. The number of amides is 1. The lowest BCUT2D eigenvalue weighted by Crippen LogP contribution is -2.09. The average Bonchev–Trinajstić information content (AvgIpc) is 3.22. The summed E-state index contributed by atoms with van der Waals surface area (Å²) in [7, 11) is 0. The SMILES string of the molecule is CCOc1ccc(-c2coc3cc(OCC)c(/C(C)=C/C(=O)Nc4cccc(F)c4)cc23)cc1. The maximum atomic E-state index is 13.4. The molecule has 6 heteroatoms. The highest BCUT2D eigenvalue weighted by molar-refractivity contribution is 6.05. The highest BCUT2D eigenvalue weighted by Crippen LogP contribution is 2.38. The monoisotopic (exact) mass is 459 g/mol. The summed E-state index contributed by atoms with van der Waals surface area (Å²) in [4.78, 5) is 12.6. The molecule has 0 saturated carbocycles. The van der Waals surface area contributed by atoms with Crippen LogP contribution in [0.15, 0.2) is 77.4 Å². The molecule has 0 unspecified atom stereocenters. The normalized spacial score (nSPS) is 11.5. The number of allylic oxidation sites excluding steroid dienone is 1. The molecule has 4 rings (SSSR count). The Bertz CT molecular complexity index is 1340. The number of fused-ring (bicyclic) bond motifs is 1. The van der Waals surface area contributed by atoms with Crippen molar-refractivity contribution < 1.29 is 23.1 Å². The maximum absolute atomic E-state index is 13.4. The molecule has 0 atom stereocenters. The lowest BCUT2D eigenvalue weighted by Gasteiger charge is -2.12. The lowest BCUT2D eigenvalue weighted by molar-refractivity contribution is -0.111. The predicted octanol–water partition coefficient (Wildman–Crippen LogP) is 7.08. The zero-order valence-electron chi connectivity index (χ0n) is 19.4. The van der Waals surface area contributed by atoms with E-state index in [0.717, 1.165) is 27.8 Å². The van der Waals surface area contributed by atoms with Crippen molar-refractivity contribution in [3.63, 3.8) is 0 Å². The molecule has 1 N–H and O–H groups in total. The molecule has 0 radical (unpaired) electrons. The van der Waals surface area contributed by atoms with Crippen molar-refractivity contribution in [3.8, 4) is 22.6 Å². The van der Waals surface area contributed by atoms with E-state index >= 15 is 0 Å². The van der Waals surface area contributed by atoms with Crippen LogP contribution in [0.5, 0.6) is 11.5 Å². The van der Waals surface area contributed by atoms with E-state index in [1.54, 1.807) is 18.4 Å². The van der Waals surface area contributed by atoms with Gasteiger partial charge in [-0.2, -0.15) is 0 Å². The van der Waals surface area contributed by atoms with E-state index in [-0.39, 0.29) is 5.91 Å². The highest BCUT2D eigenvalue weighted by Gasteiger charge is 2.15. The van der Waals surface area contributed by atoms with Crippen LogP contribution in [0.4, 0.5) is 10.1 Å². The largest absolute Gasteiger partial charge is 0.494 e. The fourth-order valence-electron chi connectivity index (χ4n) is 3.78. The van der Waals surface area contributed by atoms with Crippen molar-refractivity contribution in [2.24, 2.45) is 0 Å². The summed E-state index contributed by atoms with van der Waals surface area (Å²) >= 11 is 0. The Morgan fingerprint density at radius 2 is 1.79 bits per heavy atom. The number of carbonyl (C=O) groups is 1. The topological polar surface area (TPSA) is 60.7 Å². The molecule has 0 spiro atoms. The molecule has 1 amide bonds. The molecule has 5 nitrogen and oxygen atoms in total. The van der Waals surface area contributed by atoms with Gasteiger partial charge >= 0.3 is 0 Å². The second-order valence-corrected chi connectivity index (χ2v) is 7.71. The van der Waals surface area contributed by atoms with Gasteiger partial charge in [-0.25, -0.2) is 4.39 Å². The van der Waals surface area contributed by atoms with Crippen molar-refractivity contribution in [1.82, 2.24) is 0 Å². The van der Waals surface area contributed by atoms with E-state index in [2.05, 4.69) is 5.32 Å². The van der Waals surface area contributed by atoms with Crippen molar-refractivity contribution >= 4 is 28.1 Å². The first-order valence-electron chi connectivity index (χ1n) is 11.1. The summed E-state index contributed by atoms with van der Waals surface area (Å²) in [5.41, 5.74) is 4.48. The standard InChI is InChI=1S/C28H26FNO4/c1-4-32-22-11-9-19(10-12-22)25-17-34-27-16-26(33-5-2)23(15-24(25)27)18(3)13-28(31)30-21-8-6-7-20(29)14-21/h6-17H,4-5H2,1-3H3,(H,30,31)/b18-13+. The number of anilines is 1. The van der Waals surface area contributed by atoms with Crippen molar-refractivity contribution in [1.29, 1.82) is 0 Å². The van der Waals surface area contributed by atoms with Gasteiger partial charge in [-0.15, -0.1) is 0 Å². The van der Waals surface area contributed by atoms with Crippen LogP contribution in [-0.4, -0.2) is 19.1 Å². The molecule has 0 aliphatic heterocycles. The van der Waals surface area contributed by atoms with Gasteiger partial charge in [-0.3, -0.25) is 4.79 Å². The molecular formula is C28H26FNO4. The minimum Gasteiger partial charge on any atom is -0.494 e. The summed E-state index contributed by atoms with van der Waals surface area (Å²) in [6.07, 6.45) is 3.20. The number of nitrogens with one attached hydrogen (secondary N) is 1. The third-order valence-electron chi connectivity index (χ3n) is 5.32. The summed E-state index contributed by atoms with van der Waals surface area (Å²) in [5.74, 6) is 0.658. The summed E-state index contributed by atoms with van der Waals surface area (Å²) in [6.45, 7) is 6.76. The first-order valence-corrected chi connectivity index (χ1v) is 11.1. The summed E-state index contributed by atoms with van der Waals surface area (Å²) in [6, 6.07) is 17.4. The number of hydrogen-bond donors (Lipinski definition) is 1. The summed E-state index contributed by atoms with van der Waals surface area (Å²) in [5, 5.41) is 3.60. The van der Waals surface area contributed by atoms with Gasteiger partial charge in [0.05, 0.1) is 19.5 Å². The van der Waals surface area contributed by atoms with Crippen LogP contribution in [-0.2, 0) is 4.79 Å². The second kappa shape index (κ2) is 10.3. The fourth-order valence-corrected chi connectivity index (χ4v) is 3.78. The molecule has 0 aliphatic carbocycles. The van der Waals surface area contributed by atoms with Gasteiger partial charge in [-0.1, -0.05) is 18.2 Å². The third kappa shape index (κ3) is 5.12. The van der Waals surface area contributed by atoms with E-state index in [1.807, 2.05) is 57.2 Å². The minimum atomic E-state index is -0.413. The number of rotatable bonds is 8.